The van der Waals surface area contributed by atoms with Gasteiger partial charge in [0.1, 0.15) is 5.82 Å². The number of carbonyl (C=O) groups excluding carboxylic acids is 1. The molecule has 2 aromatic carbocycles. The quantitative estimate of drug-likeness (QED) is 0.835. The Balaban J connectivity index is 2.46. The Bertz CT molecular complexity index is 613. The van der Waals surface area contributed by atoms with Gasteiger partial charge in [-0.1, -0.05) is 24.3 Å². The number of alkyl halides is 2. The molecule has 0 saturated heterocycles. The molecule has 2 nitrogen and oxygen atoms in total. The van der Waals surface area contributed by atoms with E-state index in [1.807, 2.05) is 0 Å². The summed E-state index contributed by atoms with van der Waals surface area (Å²) in [6.07, 6.45) is -2.60. The minimum Gasteiger partial charge on any atom is -0.336 e. The molecule has 0 atom stereocenters. The number of halogens is 3. The van der Waals surface area contributed by atoms with E-state index < -0.39 is 24.7 Å². The molecule has 0 N–H and O–H groups in total. The first-order valence-electron chi connectivity index (χ1n) is 5.71. The predicted octanol–water partition coefficient (Wildman–Crippen LogP) is 3.32. The van der Waals surface area contributed by atoms with Crippen molar-refractivity contribution >= 4 is 16.7 Å². The van der Waals surface area contributed by atoms with Gasteiger partial charge in [0.2, 0.25) is 0 Å². The molecule has 2 aromatic rings. The van der Waals surface area contributed by atoms with E-state index in [0.717, 1.165) is 4.90 Å². The van der Waals surface area contributed by atoms with Crippen molar-refractivity contribution in [2.24, 2.45) is 0 Å². The molecule has 0 heterocycles. The van der Waals surface area contributed by atoms with E-state index in [-0.39, 0.29) is 5.56 Å². The molecule has 0 unspecified atom stereocenters. The van der Waals surface area contributed by atoms with Crippen LogP contribution >= 0.6 is 0 Å². The SMILES string of the molecule is CN(CC(F)F)C(=O)c1ccc(F)c2ccccc12. The van der Waals surface area contributed by atoms with Crippen LogP contribution in [-0.2, 0) is 0 Å². The highest BCUT2D eigenvalue weighted by Crippen LogP contribution is 2.22. The fourth-order valence-electron chi connectivity index (χ4n) is 1.94. The fraction of sp³-hybridized carbons (Fsp3) is 0.214. The molecule has 0 spiro atoms. The van der Waals surface area contributed by atoms with Crippen molar-refractivity contribution in [2.75, 3.05) is 13.6 Å². The highest BCUT2D eigenvalue weighted by Gasteiger charge is 2.18. The first-order valence-corrected chi connectivity index (χ1v) is 5.71. The van der Waals surface area contributed by atoms with Gasteiger partial charge in [-0.3, -0.25) is 4.79 Å². The van der Waals surface area contributed by atoms with E-state index in [1.165, 1.54) is 19.2 Å². The second kappa shape index (κ2) is 5.30. The molecule has 2 rings (SSSR count). The van der Waals surface area contributed by atoms with Crippen molar-refractivity contribution in [2.45, 2.75) is 6.43 Å². The number of rotatable bonds is 3. The van der Waals surface area contributed by atoms with Crippen LogP contribution < -0.4 is 0 Å². The second-order valence-corrected chi connectivity index (χ2v) is 4.22. The Morgan fingerprint density at radius 1 is 1.16 bits per heavy atom. The first-order chi connectivity index (χ1) is 9.00. The van der Waals surface area contributed by atoms with Gasteiger partial charge in [-0.2, -0.15) is 0 Å². The highest BCUT2D eigenvalue weighted by molar-refractivity contribution is 6.07. The summed E-state index contributed by atoms with van der Waals surface area (Å²) in [6, 6.07) is 8.97. The maximum atomic E-state index is 13.6. The minimum atomic E-state index is -2.60. The van der Waals surface area contributed by atoms with Gasteiger partial charge in [0, 0.05) is 18.0 Å². The molecule has 0 aliphatic heterocycles. The van der Waals surface area contributed by atoms with Crippen molar-refractivity contribution < 1.29 is 18.0 Å². The molecule has 0 aliphatic rings. The average Bonchev–Trinajstić information content (AvgIpc) is 2.38. The molecule has 100 valence electrons. The van der Waals surface area contributed by atoms with Gasteiger partial charge in [-0.15, -0.1) is 0 Å². The van der Waals surface area contributed by atoms with Crippen LogP contribution in [0.15, 0.2) is 36.4 Å². The number of benzene rings is 2. The number of hydrogen-bond acceptors (Lipinski definition) is 1. The van der Waals surface area contributed by atoms with Gasteiger partial charge in [-0.25, -0.2) is 13.2 Å². The molecular formula is C14H12F3NO. The summed E-state index contributed by atoms with van der Waals surface area (Å²) < 4.78 is 38.2. The lowest BCUT2D eigenvalue weighted by Gasteiger charge is -2.17. The zero-order valence-electron chi connectivity index (χ0n) is 10.2. The summed E-state index contributed by atoms with van der Waals surface area (Å²) in [5.41, 5.74) is 0.222. The third-order valence-corrected chi connectivity index (χ3v) is 2.86. The van der Waals surface area contributed by atoms with Crippen LogP contribution in [0.1, 0.15) is 10.4 Å². The Hall–Kier alpha value is -2.04. The minimum absolute atomic E-state index is 0.222. The van der Waals surface area contributed by atoms with Gasteiger partial charge < -0.3 is 4.90 Å². The lowest BCUT2D eigenvalue weighted by Crippen LogP contribution is -2.31. The van der Waals surface area contributed by atoms with Gasteiger partial charge in [0.15, 0.2) is 0 Å². The molecular weight excluding hydrogens is 255 g/mol. The largest absolute Gasteiger partial charge is 0.336 e. The van der Waals surface area contributed by atoms with Crippen molar-refractivity contribution in [3.05, 3.63) is 47.8 Å². The number of hydrogen-bond donors (Lipinski definition) is 0. The van der Waals surface area contributed by atoms with Crippen LogP contribution in [0.4, 0.5) is 13.2 Å². The summed E-state index contributed by atoms with van der Waals surface area (Å²) in [6.45, 7) is -0.648. The third kappa shape index (κ3) is 2.70. The van der Waals surface area contributed by atoms with Gasteiger partial charge in [0.25, 0.3) is 12.3 Å². The Morgan fingerprint density at radius 3 is 2.42 bits per heavy atom. The summed E-state index contributed by atoms with van der Waals surface area (Å²) in [5.74, 6) is -0.986. The van der Waals surface area contributed by atoms with Crippen molar-refractivity contribution in [3.8, 4) is 0 Å². The van der Waals surface area contributed by atoms with E-state index in [0.29, 0.717) is 10.8 Å². The summed E-state index contributed by atoms with van der Waals surface area (Å²) in [7, 11) is 1.30. The molecule has 0 bridgehead atoms. The first kappa shape index (κ1) is 13.4. The second-order valence-electron chi connectivity index (χ2n) is 4.22. The molecule has 1 amide bonds. The van der Waals surface area contributed by atoms with Crippen LogP contribution in [0.2, 0.25) is 0 Å². The van der Waals surface area contributed by atoms with Crippen LogP contribution in [0.25, 0.3) is 10.8 Å². The number of nitrogens with zero attached hydrogens (tertiary/aromatic N) is 1. The average molecular weight is 267 g/mol. The number of carbonyl (C=O) groups is 1. The van der Waals surface area contributed by atoms with Crippen molar-refractivity contribution in [1.29, 1.82) is 0 Å². The smallest absolute Gasteiger partial charge is 0.255 e. The third-order valence-electron chi connectivity index (χ3n) is 2.86. The standard InChI is InChI=1S/C14H12F3NO/c1-18(8-13(16)17)14(19)11-6-7-12(15)10-5-3-2-4-9(10)11/h2-7,13H,8H2,1H3. The van der Waals surface area contributed by atoms with Gasteiger partial charge in [0.05, 0.1) is 6.54 Å². The molecule has 0 saturated carbocycles. The van der Waals surface area contributed by atoms with Crippen molar-refractivity contribution in [3.63, 3.8) is 0 Å². The van der Waals surface area contributed by atoms with E-state index in [2.05, 4.69) is 0 Å². The highest BCUT2D eigenvalue weighted by atomic mass is 19.3. The van der Waals surface area contributed by atoms with E-state index in [1.54, 1.807) is 24.3 Å². The Labute approximate surface area is 108 Å². The zero-order chi connectivity index (χ0) is 14.0. The number of amides is 1. The molecule has 19 heavy (non-hydrogen) atoms. The lowest BCUT2D eigenvalue weighted by atomic mass is 10.0. The maximum absolute atomic E-state index is 13.6. The van der Waals surface area contributed by atoms with E-state index in [9.17, 15) is 18.0 Å². The van der Waals surface area contributed by atoms with Crippen LogP contribution in [-0.4, -0.2) is 30.8 Å². The molecule has 0 fully saturated rings. The Morgan fingerprint density at radius 2 is 1.79 bits per heavy atom. The molecule has 0 radical (unpaired) electrons. The molecule has 5 heteroatoms. The maximum Gasteiger partial charge on any atom is 0.255 e. The summed E-state index contributed by atoms with van der Waals surface area (Å²) >= 11 is 0. The van der Waals surface area contributed by atoms with E-state index >= 15 is 0 Å². The normalized spacial score (nSPS) is 11.0. The van der Waals surface area contributed by atoms with Crippen molar-refractivity contribution in [1.82, 2.24) is 4.90 Å². The van der Waals surface area contributed by atoms with Crippen LogP contribution in [0, 0.1) is 5.82 Å². The zero-order valence-corrected chi connectivity index (χ0v) is 10.2. The topological polar surface area (TPSA) is 20.3 Å². The monoisotopic (exact) mass is 267 g/mol. The summed E-state index contributed by atoms with van der Waals surface area (Å²) in [4.78, 5) is 13.0. The van der Waals surface area contributed by atoms with E-state index in [4.69, 9.17) is 0 Å². The number of fused-ring (bicyclic) bond motifs is 1. The summed E-state index contributed by atoms with van der Waals surface area (Å²) in [5, 5.41) is 0.729. The van der Waals surface area contributed by atoms with Gasteiger partial charge in [-0.05, 0) is 17.5 Å². The lowest BCUT2D eigenvalue weighted by molar-refractivity contribution is 0.0622. The van der Waals surface area contributed by atoms with Gasteiger partial charge >= 0.3 is 0 Å². The molecule has 0 aromatic heterocycles. The Kier molecular flexibility index (Phi) is 3.74. The van der Waals surface area contributed by atoms with Crippen LogP contribution in [0.3, 0.4) is 0 Å². The van der Waals surface area contributed by atoms with Crippen LogP contribution in [0.5, 0.6) is 0 Å². The molecule has 0 aliphatic carbocycles. The fourth-order valence-corrected chi connectivity index (χ4v) is 1.94. The predicted molar refractivity (Wildman–Crippen MR) is 66.9 cm³/mol.